The first-order valence-corrected chi connectivity index (χ1v) is 10.7. The van der Waals surface area contributed by atoms with Crippen LogP contribution in [-0.2, 0) is 16.0 Å². The minimum atomic E-state index is -0.512. The smallest absolute Gasteiger partial charge is 0.282 e. The third kappa shape index (κ3) is 3.40. The zero-order valence-corrected chi connectivity index (χ0v) is 18.0. The van der Waals surface area contributed by atoms with Gasteiger partial charge in [0, 0.05) is 24.4 Å². The molecule has 8 nitrogen and oxygen atoms in total. The Morgan fingerprint density at radius 3 is 2.29 bits per heavy atom. The monoisotopic (exact) mass is 450 g/mol. The molecule has 8 heteroatoms. The van der Waals surface area contributed by atoms with Crippen LogP contribution in [0.25, 0.3) is 5.57 Å². The molecule has 166 valence electrons. The van der Waals surface area contributed by atoms with Crippen molar-refractivity contribution < 1.29 is 14.5 Å². The number of hydrogen-bond acceptors (Lipinski definition) is 6. The zero-order chi connectivity index (χ0) is 23.8. The highest BCUT2D eigenvalue weighted by atomic mass is 16.6. The molecule has 2 amide bonds. The van der Waals surface area contributed by atoms with Gasteiger partial charge < -0.3 is 4.90 Å². The van der Waals surface area contributed by atoms with E-state index in [1.807, 2.05) is 35.2 Å². The molecule has 0 saturated heterocycles. The van der Waals surface area contributed by atoms with Gasteiger partial charge in [-0.15, -0.1) is 0 Å². The standard InChI is InChI=1S/C26H18N4O4/c27-16-17-7-11-20(12-8-17)29-25(31)23(19-9-13-21(14-10-19)30(33)34)24(26(29)32)28-15-3-5-18-4-1-2-6-22(18)28/h1-2,4,6-14H,3,5,15H2. The molecule has 3 aromatic carbocycles. The summed E-state index contributed by atoms with van der Waals surface area (Å²) >= 11 is 0. The number of imide groups is 1. The molecule has 0 saturated carbocycles. The fourth-order valence-electron chi connectivity index (χ4n) is 4.46. The van der Waals surface area contributed by atoms with Crippen LogP contribution >= 0.6 is 0 Å². The van der Waals surface area contributed by atoms with E-state index in [0.717, 1.165) is 29.0 Å². The highest BCUT2D eigenvalue weighted by Gasteiger charge is 2.43. The Morgan fingerprint density at radius 1 is 0.912 bits per heavy atom. The molecule has 3 aromatic rings. The summed E-state index contributed by atoms with van der Waals surface area (Å²) < 4.78 is 0. The topological polar surface area (TPSA) is 108 Å². The number of hydrogen-bond donors (Lipinski definition) is 0. The maximum absolute atomic E-state index is 13.8. The number of carbonyl (C=O) groups is 2. The van der Waals surface area contributed by atoms with Gasteiger partial charge in [0.2, 0.25) is 0 Å². The number of non-ortho nitro benzene ring substituents is 1. The molecule has 2 aliphatic heterocycles. The number of rotatable bonds is 4. The number of nitriles is 1. The average molecular weight is 450 g/mol. The number of nitro benzene ring substituents is 1. The fraction of sp³-hybridized carbons (Fsp3) is 0.115. The van der Waals surface area contributed by atoms with Crippen molar-refractivity contribution >= 4 is 34.4 Å². The van der Waals surface area contributed by atoms with Gasteiger partial charge in [0.1, 0.15) is 5.70 Å². The second kappa shape index (κ2) is 8.30. The lowest BCUT2D eigenvalue weighted by Gasteiger charge is -2.32. The zero-order valence-electron chi connectivity index (χ0n) is 18.0. The normalized spacial score (nSPS) is 15.4. The second-order valence-corrected chi connectivity index (χ2v) is 8.02. The Hall–Kier alpha value is -4.77. The van der Waals surface area contributed by atoms with E-state index in [0.29, 0.717) is 23.4 Å². The first kappa shape index (κ1) is 21.1. The van der Waals surface area contributed by atoms with Crippen LogP contribution in [0.2, 0.25) is 0 Å². The summed E-state index contributed by atoms with van der Waals surface area (Å²) in [5, 5.41) is 20.2. The molecule has 0 aromatic heterocycles. The van der Waals surface area contributed by atoms with Gasteiger partial charge in [-0.2, -0.15) is 5.26 Å². The highest BCUT2D eigenvalue weighted by Crippen LogP contribution is 2.39. The van der Waals surface area contributed by atoms with Gasteiger partial charge in [-0.1, -0.05) is 18.2 Å². The lowest BCUT2D eigenvalue weighted by molar-refractivity contribution is -0.384. The Kier molecular flexibility index (Phi) is 5.15. The summed E-state index contributed by atoms with van der Waals surface area (Å²) in [6.45, 7) is 0.559. The summed E-state index contributed by atoms with van der Waals surface area (Å²) in [5.41, 5.74) is 3.49. The Labute approximate surface area is 195 Å². The van der Waals surface area contributed by atoms with Crippen molar-refractivity contribution in [1.82, 2.24) is 0 Å². The average Bonchev–Trinajstić information content (AvgIpc) is 3.13. The van der Waals surface area contributed by atoms with Crippen molar-refractivity contribution in [2.24, 2.45) is 0 Å². The predicted octanol–water partition coefficient (Wildman–Crippen LogP) is 4.20. The van der Waals surface area contributed by atoms with E-state index in [-0.39, 0.29) is 17.0 Å². The van der Waals surface area contributed by atoms with E-state index in [2.05, 4.69) is 0 Å². The number of fused-ring (bicyclic) bond motifs is 1. The van der Waals surface area contributed by atoms with E-state index in [1.165, 1.54) is 24.3 Å². The van der Waals surface area contributed by atoms with Crippen LogP contribution in [-0.4, -0.2) is 23.3 Å². The molecule has 0 bridgehead atoms. The lowest BCUT2D eigenvalue weighted by Crippen LogP contribution is -2.37. The van der Waals surface area contributed by atoms with Gasteiger partial charge >= 0.3 is 0 Å². The van der Waals surface area contributed by atoms with Crippen LogP contribution in [0.4, 0.5) is 17.1 Å². The van der Waals surface area contributed by atoms with Gasteiger partial charge in [-0.3, -0.25) is 19.7 Å². The number of benzene rings is 3. The maximum atomic E-state index is 13.8. The van der Waals surface area contributed by atoms with Crippen LogP contribution < -0.4 is 9.80 Å². The SMILES string of the molecule is N#Cc1ccc(N2C(=O)C(c3ccc([N+](=O)[O-])cc3)=C(N3CCCc4ccccc43)C2=O)cc1. The largest absolute Gasteiger partial charge is 0.336 e. The molecule has 0 N–H and O–H groups in total. The summed E-state index contributed by atoms with van der Waals surface area (Å²) in [6.07, 6.45) is 1.68. The quantitative estimate of drug-likeness (QED) is 0.335. The molecule has 2 aliphatic rings. The van der Waals surface area contributed by atoms with Gasteiger partial charge in [0.15, 0.2) is 0 Å². The first-order valence-electron chi connectivity index (χ1n) is 10.7. The van der Waals surface area contributed by atoms with Crippen molar-refractivity contribution in [3.63, 3.8) is 0 Å². The molecule has 0 aliphatic carbocycles. The van der Waals surface area contributed by atoms with Gasteiger partial charge in [-0.25, -0.2) is 4.90 Å². The van der Waals surface area contributed by atoms with Crippen molar-refractivity contribution in [3.05, 3.63) is 105 Å². The Balaban J connectivity index is 1.67. The van der Waals surface area contributed by atoms with Crippen molar-refractivity contribution in [3.8, 4) is 6.07 Å². The third-order valence-corrected chi connectivity index (χ3v) is 6.06. The lowest BCUT2D eigenvalue weighted by atomic mass is 9.98. The second-order valence-electron chi connectivity index (χ2n) is 8.02. The van der Waals surface area contributed by atoms with E-state index in [1.54, 1.807) is 24.3 Å². The predicted molar refractivity (Wildman–Crippen MR) is 126 cm³/mol. The van der Waals surface area contributed by atoms with Gasteiger partial charge in [0.25, 0.3) is 17.5 Å². The number of carbonyl (C=O) groups excluding carboxylic acids is 2. The molecule has 2 heterocycles. The van der Waals surface area contributed by atoms with E-state index in [4.69, 9.17) is 5.26 Å². The van der Waals surface area contributed by atoms with E-state index >= 15 is 0 Å². The highest BCUT2D eigenvalue weighted by molar-refractivity contribution is 6.46. The molecule has 34 heavy (non-hydrogen) atoms. The summed E-state index contributed by atoms with van der Waals surface area (Å²) in [6, 6.07) is 21.7. The number of aryl methyl sites for hydroxylation is 1. The van der Waals surface area contributed by atoms with Crippen LogP contribution in [0.15, 0.2) is 78.5 Å². The van der Waals surface area contributed by atoms with E-state index in [9.17, 15) is 19.7 Å². The van der Waals surface area contributed by atoms with Crippen LogP contribution in [0.1, 0.15) is 23.1 Å². The summed E-state index contributed by atoms with van der Waals surface area (Å²) in [4.78, 5) is 41.0. The molecule has 0 unspecified atom stereocenters. The van der Waals surface area contributed by atoms with Crippen molar-refractivity contribution in [2.75, 3.05) is 16.3 Å². The molecule has 5 rings (SSSR count). The van der Waals surface area contributed by atoms with Crippen molar-refractivity contribution in [1.29, 1.82) is 5.26 Å². The van der Waals surface area contributed by atoms with Crippen LogP contribution in [0, 0.1) is 21.4 Å². The van der Waals surface area contributed by atoms with Crippen LogP contribution in [0.3, 0.4) is 0 Å². The maximum Gasteiger partial charge on any atom is 0.282 e. The van der Waals surface area contributed by atoms with E-state index < -0.39 is 16.7 Å². The van der Waals surface area contributed by atoms with Crippen molar-refractivity contribution in [2.45, 2.75) is 12.8 Å². The minimum Gasteiger partial charge on any atom is -0.336 e. The number of amides is 2. The molecular weight excluding hydrogens is 432 g/mol. The Morgan fingerprint density at radius 2 is 1.62 bits per heavy atom. The molecule has 0 fully saturated rings. The molecular formula is C26H18N4O4. The van der Waals surface area contributed by atoms with Gasteiger partial charge in [-0.05, 0) is 66.4 Å². The number of nitrogens with zero attached hydrogens (tertiary/aromatic N) is 4. The number of para-hydroxylation sites is 1. The number of anilines is 2. The Bertz CT molecular complexity index is 1400. The molecule has 0 spiro atoms. The third-order valence-electron chi connectivity index (χ3n) is 6.06. The summed E-state index contributed by atoms with van der Waals surface area (Å²) in [5.74, 6) is -0.985. The molecule has 0 radical (unpaired) electrons. The van der Waals surface area contributed by atoms with Crippen LogP contribution in [0.5, 0.6) is 0 Å². The van der Waals surface area contributed by atoms with Gasteiger partial charge in [0.05, 0.1) is 27.8 Å². The number of nitro groups is 1. The fourth-order valence-corrected chi connectivity index (χ4v) is 4.46. The molecule has 0 atom stereocenters. The summed E-state index contributed by atoms with van der Waals surface area (Å²) in [7, 11) is 0. The first-order chi connectivity index (χ1) is 16.5. The minimum absolute atomic E-state index is 0.102.